The molecule has 0 aromatic heterocycles. The van der Waals surface area contributed by atoms with E-state index in [9.17, 15) is 0 Å². The van der Waals surface area contributed by atoms with E-state index in [1.165, 1.54) is 49.5 Å². The van der Waals surface area contributed by atoms with Gasteiger partial charge in [-0.25, -0.2) is 0 Å². The maximum atomic E-state index is 2.66. The second-order valence-electron chi connectivity index (χ2n) is 5.94. The van der Waals surface area contributed by atoms with Gasteiger partial charge in [0.15, 0.2) is 0 Å². The molecule has 106 valence electrons. The standard InChI is InChI=1S/C17H27NS/c1-15(2)16-7-6-11-18(12-10-16)13-14-19-17-8-4-3-5-9-17/h3-5,8-9,15-16H,6-7,10-14H2,1-2H3. The van der Waals surface area contributed by atoms with Crippen LogP contribution in [0.15, 0.2) is 35.2 Å². The number of hydrogen-bond acceptors (Lipinski definition) is 2. The molecule has 1 aliphatic heterocycles. The smallest absolute Gasteiger partial charge is 0.0108 e. The molecular formula is C17H27NS. The molecule has 0 spiro atoms. The Labute approximate surface area is 122 Å². The molecule has 0 bridgehead atoms. The van der Waals surface area contributed by atoms with Crippen molar-refractivity contribution < 1.29 is 0 Å². The van der Waals surface area contributed by atoms with E-state index in [-0.39, 0.29) is 0 Å². The van der Waals surface area contributed by atoms with Crippen molar-refractivity contribution in [2.24, 2.45) is 11.8 Å². The molecule has 1 nitrogen and oxygen atoms in total. The Morgan fingerprint density at radius 1 is 1.16 bits per heavy atom. The third-order valence-electron chi connectivity index (χ3n) is 4.23. The van der Waals surface area contributed by atoms with Gasteiger partial charge < -0.3 is 4.90 Å². The van der Waals surface area contributed by atoms with Crippen LogP contribution in [-0.4, -0.2) is 30.3 Å². The van der Waals surface area contributed by atoms with Gasteiger partial charge in [0.25, 0.3) is 0 Å². The molecule has 1 atom stereocenters. The molecule has 0 N–H and O–H groups in total. The summed E-state index contributed by atoms with van der Waals surface area (Å²) in [6, 6.07) is 10.8. The predicted molar refractivity (Wildman–Crippen MR) is 85.8 cm³/mol. The first-order chi connectivity index (χ1) is 9.25. The summed E-state index contributed by atoms with van der Waals surface area (Å²) in [5.41, 5.74) is 0. The number of thioether (sulfide) groups is 1. The molecule has 2 rings (SSSR count). The lowest BCUT2D eigenvalue weighted by Gasteiger charge is -2.21. The van der Waals surface area contributed by atoms with Crippen LogP contribution in [0.3, 0.4) is 0 Å². The van der Waals surface area contributed by atoms with Crippen molar-refractivity contribution in [1.29, 1.82) is 0 Å². The lowest BCUT2D eigenvalue weighted by molar-refractivity contribution is 0.286. The fraction of sp³-hybridized carbons (Fsp3) is 0.647. The van der Waals surface area contributed by atoms with Crippen LogP contribution in [-0.2, 0) is 0 Å². The molecule has 19 heavy (non-hydrogen) atoms. The number of benzene rings is 1. The highest BCUT2D eigenvalue weighted by molar-refractivity contribution is 7.99. The highest BCUT2D eigenvalue weighted by Gasteiger charge is 2.18. The minimum atomic E-state index is 0.860. The zero-order valence-electron chi connectivity index (χ0n) is 12.3. The van der Waals surface area contributed by atoms with Gasteiger partial charge in [0.2, 0.25) is 0 Å². The average molecular weight is 277 g/mol. The highest BCUT2D eigenvalue weighted by atomic mass is 32.2. The molecule has 0 radical (unpaired) electrons. The maximum Gasteiger partial charge on any atom is 0.0108 e. The molecule has 0 saturated carbocycles. The van der Waals surface area contributed by atoms with Crippen molar-refractivity contribution >= 4 is 11.8 Å². The van der Waals surface area contributed by atoms with E-state index >= 15 is 0 Å². The molecule has 1 heterocycles. The Hall–Kier alpha value is -0.470. The molecule has 1 saturated heterocycles. The fourth-order valence-electron chi connectivity index (χ4n) is 2.88. The van der Waals surface area contributed by atoms with Gasteiger partial charge in [0.1, 0.15) is 0 Å². The molecular weight excluding hydrogens is 250 g/mol. The number of hydrogen-bond donors (Lipinski definition) is 0. The maximum absolute atomic E-state index is 2.66. The van der Waals surface area contributed by atoms with Gasteiger partial charge >= 0.3 is 0 Å². The van der Waals surface area contributed by atoms with Gasteiger partial charge in [-0.3, -0.25) is 0 Å². The van der Waals surface area contributed by atoms with Gasteiger partial charge in [-0.1, -0.05) is 32.0 Å². The number of rotatable bonds is 5. The van der Waals surface area contributed by atoms with Crippen molar-refractivity contribution in [3.8, 4) is 0 Å². The molecule has 0 aliphatic carbocycles. The van der Waals surface area contributed by atoms with Crippen LogP contribution in [0.4, 0.5) is 0 Å². The van der Waals surface area contributed by atoms with E-state index in [2.05, 4.69) is 49.1 Å². The first-order valence-electron chi connectivity index (χ1n) is 7.66. The first kappa shape index (κ1) is 14.9. The first-order valence-corrected chi connectivity index (χ1v) is 8.64. The Morgan fingerprint density at radius 3 is 2.68 bits per heavy atom. The van der Waals surface area contributed by atoms with E-state index in [4.69, 9.17) is 0 Å². The molecule has 1 fully saturated rings. The summed E-state index contributed by atoms with van der Waals surface area (Å²) in [6.07, 6.45) is 4.21. The average Bonchev–Trinajstić information content (AvgIpc) is 2.66. The van der Waals surface area contributed by atoms with Crippen LogP contribution >= 0.6 is 11.8 Å². The lowest BCUT2D eigenvalue weighted by atomic mass is 9.89. The number of nitrogens with zero attached hydrogens (tertiary/aromatic N) is 1. The third-order valence-corrected chi connectivity index (χ3v) is 5.22. The molecule has 0 amide bonds. The summed E-state index contributed by atoms with van der Waals surface area (Å²) in [5.74, 6) is 3.03. The fourth-order valence-corrected chi connectivity index (χ4v) is 3.82. The van der Waals surface area contributed by atoms with Crippen molar-refractivity contribution in [3.05, 3.63) is 30.3 Å². The largest absolute Gasteiger partial charge is 0.302 e. The van der Waals surface area contributed by atoms with Crippen molar-refractivity contribution in [3.63, 3.8) is 0 Å². The lowest BCUT2D eigenvalue weighted by Crippen LogP contribution is -2.27. The van der Waals surface area contributed by atoms with E-state index < -0.39 is 0 Å². The van der Waals surface area contributed by atoms with Crippen LogP contribution in [0.2, 0.25) is 0 Å². The molecule has 1 aliphatic rings. The van der Waals surface area contributed by atoms with Crippen LogP contribution in [0.5, 0.6) is 0 Å². The van der Waals surface area contributed by atoms with Crippen molar-refractivity contribution in [2.45, 2.75) is 38.0 Å². The van der Waals surface area contributed by atoms with Gasteiger partial charge in [0, 0.05) is 17.2 Å². The van der Waals surface area contributed by atoms with Gasteiger partial charge in [-0.15, -0.1) is 11.8 Å². The van der Waals surface area contributed by atoms with E-state index in [1.807, 2.05) is 11.8 Å². The Balaban J connectivity index is 1.69. The van der Waals surface area contributed by atoms with Crippen molar-refractivity contribution in [1.82, 2.24) is 4.90 Å². The van der Waals surface area contributed by atoms with Crippen LogP contribution in [0.1, 0.15) is 33.1 Å². The second-order valence-corrected chi connectivity index (χ2v) is 7.11. The minimum Gasteiger partial charge on any atom is -0.302 e. The minimum absolute atomic E-state index is 0.860. The number of likely N-dealkylation sites (tertiary alicyclic amines) is 1. The summed E-state index contributed by atoms with van der Waals surface area (Å²) in [5, 5.41) is 0. The van der Waals surface area contributed by atoms with Crippen LogP contribution in [0, 0.1) is 11.8 Å². The van der Waals surface area contributed by atoms with Gasteiger partial charge in [-0.2, -0.15) is 0 Å². The SMILES string of the molecule is CC(C)C1CCCN(CCSc2ccccc2)CC1. The topological polar surface area (TPSA) is 3.24 Å². The predicted octanol–water partition coefficient (Wildman–Crippen LogP) is 4.54. The van der Waals surface area contributed by atoms with Gasteiger partial charge in [0.05, 0.1) is 0 Å². The monoisotopic (exact) mass is 277 g/mol. The normalized spacial score (nSPS) is 21.5. The summed E-state index contributed by atoms with van der Waals surface area (Å²) in [4.78, 5) is 4.07. The summed E-state index contributed by atoms with van der Waals surface area (Å²) in [6.45, 7) is 8.61. The van der Waals surface area contributed by atoms with Gasteiger partial charge in [-0.05, 0) is 56.3 Å². The Bertz CT molecular complexity index is 350. The van der Waals surface area contributed by atoms with Crippen LogP contribution in [0.25, 0.3) is 0 Å². The van der Waals surface area contributed by atoms with Crippen LogP contribution < -0.4 is 0 Å². The molecule has 1 aromatic rings. The molecule has 2 heteroatoms. The third kappa shape index (κ3) is 5.19. The van der Waals surface area contributed by atoms with E-state index in [0.717, 1.165) is 11.8 Å². The zero-order valence-corrected chi connectivity index (χ0v) is 13.2. The van der Waals surface area contributed by atoms with Crippen molar-refractivity contribution in [2.75, 3.05) is 25.4 Å². The quantitative estimate of drug-likeness (QED) is 0.727. The Kier molecular flexibility index (Phi) is 6.25. The molecule has 1 aromatic carbocycles. The summed E-state index contributed by atoms with van der Waals surface area (Å²) < 4.78 is 0. The zero-order chi connectivity index (χ0) is 13.5. The highest BCUT2D eigenvalue weighted by Crippen LogP contribution is 2.25. The second kappa shape index (κ2) is 7.96. The van der Waals surface area contributed by atoms with E-state index in [0.29, 0.717) is 0 Å². The Morgan fingerprint density at radius 2 is 1.95 bits per heavy atom. The summed E-state index contributed by atoms with van der Waals surface area (Å²) >= 11 is 1.99. The van der Waals surface area contributed by atoms with E-state index in [1.54, 1.807) is 0 Å². The summed E-state index contributed by atoms with van der Waals surface area (Å²) in [7, 11) is 0. The molecule has 1 unspecified atom stereocenters.